The fourth-order valence-electron chi connectivity index (χ4n) is 4.82. The van der Waals surface area contributed by atoms with Crippen molar-refractivity contribution >= 4 is 17.7 Å². The monoisotopic (exact) mass is 343 g/mol. The van der Waals surface area contributed by atoms with Gasteiger partial charge in [-0.2, -0.15) is 0 Å². The summed E-state index contributed by atoms with van der Waals surface area (Å²) in [5, 5.41) is 12.2. The van der Waals surface area contributed by atoms with Crippen LogP contribution in [0.1, 0.15) is 37.7 Å². The molecule has 1 spiro atoms. The highest BCUT2D eigenvalue weighted by molar-refractivity contribution is 6.06. The second kappa shape index (κ2) is 6.33. The zero-order valence-corrected chi connectivity index (χ0v) is 14.4. The van der Waals surface area contributed by atoms with E-state index in [4.69, 9.17) is 0 Å². The van der Waals surface area contributed by atoms with Crippen molar-refractivity contribution in [2.24, 2.45) is 0 Å². The first-order chi connectivity index (χ1) is 12.1. The lowest BCUT2D eigenvalue weighted by atomic mass is 9.68. The SMILES string of the molecule is O=C(O)N1CCCN(C2CCC3(CC2)C(=O)Nc2ccccc23)CC1. The molecule has 134 valence electrons. The number of carbonyl (C=O) groups is 2. The first-order valence-electron chi connectivity index (χ1n) is 9.23. The van der Waals surface area contributed by atoms with Gasteiger partial charge in [-0.15, -0.1) is 0 Å². The number of para-hydroxylation sites is 1. The molecule has 2 heterocycles. The zero-order valence-electron chi connectivity index (χ0n) is 14.4. The van der Waals surface area contributed by atoms with Crippen molar-refractivity contribution in [2.45, 2.75) is 43.6 Å². The van der Waals surface area contributed by atoms with Gasteiger partial charge in [0.1, 0.15) is 0 Å². The summed E-state index contributed by atoms with van der Waals surface area (Å²) in [6, 6.07) is 8.52. The first kappa shape index (κ1) is 16.4. The van der Waals surface area contributed by atoms with Crippen LogP contribution in [-0.4, -0.2) is 59.1 Å². The van der Waals surface area contributed by atoms with E-state index in [0.29, 0.717) is 19.1 Å². The Hall–Kier alpha value is -2.08. The van der Waals surface area contributed by atoms with E-state index in [1.807, 2.05) is 18.2 Å². The number of amides is 2. The maximum absolute atomic E-state index is 12.7. The molecule has 1 saturated carbocycles. The summed E-state index contributed by atoms with van der Waals surface area (Å²) in [6.45, 7) is 2.95. The number of nitrogens with zero attached hydrogens (tertiary/aromatic N) is 2. The van der Waals surface area contributed by atoms with Gasteiger partial charge < -0.3 is 15.3 Å². The third-order valence-electron chi connectivity index (χ3n) is 6.25. The molecule has 2 N–H and O–H groups in total. The second-order valence-corrected chi connectivity index (χ2v) is 7.47. The summed E-state index contributed by atoms with van der Waals surface area (Å²) >= 11 is 0. The van der Waals surface area contributed by atoms with Gasteiger partial charge in [0, 0.05) is 37.9 Å². The lowest BCUT2D eigenvalue weighted by molar-refractivity contribution is -0.122. The topological polar surface area (TPSA) is 72.9 Å². The Morgan fingerprint density at radius 2 is 1.88 bits per heavy atom. The van der Waals surface area contributed by atoms with Gasteiger partial charge in [-0.05, 0) is 43.7 Å². The molecule has 1 aliphatic carbocycles. The molecule has 0 aromatic heterocycles. The number of hydrogen-bond acceptors (Lipinski definition) is 3. The lowest BCUT2D eigenvalue weighted by Crippen LogP contribution is -2.46. The van der Waals surface area contributed by atoms with E-state index in [1.54, 1.807) is 0 Å². The van der Waals surface area contributed by atoms with Crippen LogP contribution < -0.4 is 5.32 Å². The maximum atomic E-state index is 12.7. The molecular formula is C19H25N3O3. The van der Waals surface area contributed by atoms with Crippen molar-refractivity contribution in [3.05, 3.63) is 29.8 Å². The van der Waals surface area contributed by atoms with E-state index >= 15 is 0 Å². The maximum Gasteiger partial charge on any atom is 0.407 e. The second-order valence-electron chi connectivity index (χ2n) is 7.47. The van der Waals surface area contributed by atoms with Crippen molar-refractivity contribution in [3.8, 4) is 0 Å². The van der Waals surface area contributed by atoms with E-state index in [-0.39, 0.29) is 11.3 Å². The molecule has 0 radical (unpaired) electrons. The third kappa shape index (κ3) is 2.78. The minimum Gasteiger partial charge on any atom is -0.465 e. The highest BCUT2D eigenvalue weighted by atomic mass is 16.4. The van der Waals surface area contributed by atoms with Gasteiger partial charge in [0.25, 0.3) is 0 Å². The molecule has 1 saturated heterocycles. The summed E-state index contributed by atoms with van der Waals surface area (Å²) in [5.74, 6) is 0.153. The molecular weight excluding hydrogens is 318 g/mol. The number of nitrogens with one attached hydrogen (secondary N) is 1. The smallest absolute Gasteiger partial charge is 0.407 e. The van der Waals surface area contributed by atoms with E-state index in [2.05, 4.69) is 16.3 Å². The molecule has 2 fully saturated rings. The Morgan fingerprint density at radius 3 is 2.64 bits per heavy atom. The van der Waals surface area contributed by atoms with Crippen molar-refractivity contribution in [1.29, 1.82) is 0 Å². The first-order valence-corrected chi connectivity index (χ1v) is 9.23. The van der Waals surface area contributed by atoms with Crippen LogP contribution in [0.3, 0.4) is 0 Å². The van der Waals surface area contributed by atoms with Gasteiger partial charge in [-0.1, -0.05) is 18.2 Å². The van der Waals surface area contributed by atoms with Crippen LogP contribution in [0.5, 0.6) is 0 Å². The Morgan fingerprint density at radius 1 is 1.12 bits per heavy atom. The number of fused-ring (bicyclic) bond motifs is 2. The fourth-order valence-corrected chi connectivity index (χ4v) is 4.82. The normalized spacial score (nSPS) is 30.0. The molecule has 4 rings (SSSR count). The van der Waals surface area contributed by atoms with Crippen molar-refractivity contribution in [2.75, 3.05) is 31.5 Å². The molecule has 6 nitrogen and oxygen atoms in total. The Bertz CT molecular complexity index is 682. The highest BCUT2D eigenvalue weighted by Crippen LogP contribution is 2.48. The number of rotatable bonds is 1. The van der Waals surface area contributed by atoms with Crippen LogP contribution in [0.4, 0.5) is 10.5 Å². The van der Waals surface area contributed by atoms with E-state index in [1.165, 1.54) is 4.90 Å². The Kier molecular flexibility index (Phi) is 4.15. The van der Waals surface area contributed by atoms with Crippen LogP contribution >= 0.6 is 0 Å². The number of carbonyl (C=O) groups excluding carboxylic acids is 1. The molecule has 2 amide bonds. The van der Waals surface area contributed by atoms with E-state index in [9.17, 15) is 14.7 Å². The molecule has 0 atom stereocenters. The molecule has 1 aromatic rings. The molecule has 2 aliphatic heterocycles. The summed E-state index contributed by atoms with van der Waals surface area (Å²) in [6.07, 6.45) is 3.81. The Balaban J connectivity index is 1.44. The Labute approximate surface area is 147 Å². The minimum absolute atomic E-state index is 0.153. The third-order valence-corrected chi connectivity index (χ3v) is 6.25. The van der Waals surface area contributed by atoms with E-state index in [0.717, 1.165) is 56.4 Å². The zero-order chi connectivity index (χ0) is 17.4. The van der Waals surface area contributed by atoms with Crippen LogP contribution in [0, 0.1) is 0 Å². The quantitative estimate of drug-likeness (QED) is 0.822. The largest absolute Gasteiger partial charge is 0.465 e. The molecule has 0 bridgehead atoms. The van der Waals surface area contributed by atoms with Crippen LogP contribution in [0.2, 0.25) is 0 Å². The van der Waals surface area contributed by atoms with Gasteiger partial charge >= 0.3 is 6.09 Å². The summed E-state index contributed by atoms with van der Waals surface area (Å²) in [5.41, 5.74) is 1.77. The minimum atomic E-state index is -0.816. The van der Waals surface area contributed by atoms with Crippen LogP contribution in [-0.2, 0) is 10.2 Å². The molecule has 1 aromatic carbocycles. The van der Waals surface area contributed by atoms with Crippen molar-refractivity contribution < 1.29 is 14.7 Å². The lowest BCUT2D eigenvalue weighted by Gasteiger charge is -2.40. The predicted octanol–water partition coefficient (Wildman–Crippen LogP) is 2.50. The van der Waals surface area contributed by atoms with E-state index < -0.39 is 6.09 Å². The van der Waals surface area contributed by atoms with Gasteiger partial charge in [0.15, 0.2) is 0 Å². The average molecular weight is 343 g/mol. The molecule has 6 heteroatoms. The molecule has 3 aliphatic rings. The van der Waals surface area contributed by atoms with Crippen molar-refractivity contribution in [3.63, 3.8) is 0 Å². The van der Waals surface area contributed by atoms with Gasteiger partial charge in [-0.3, -0.25) is 9.69 Å². The predicted molar refractivity (Wildman–Crippen MR) is 94.8 cm³/mol. The summed E-state index contributed by atoms with van der Waals surface area (Å²) < 4.78 is 0. The van der Waals surface area contributed by atoms with Crippen LogP contribution in [0.15, 0.2) is 24.3 Å². The van der Waals surface area contributed by atoms with Crippen LogP contribution in [0.25, 0.3) is 0 Å². The van der Waals surface area contributed by atoms with Crippen molar-refractivity contribution in [1.82, 2.24) is 9.80 Å². The standard InChI is InChI=1S/C19H25N3O3/c23-17-19(15-4-1-2-5-16(15)20-17)8-6-14(7-9-19)21-10-3-11-22(13-12-21)18(24)25/h1-2,4-5,14H,3,6-13H2,(H,20,23)(H,24,25). The highest BCUT2D eigenvalue weighted by Gasteiger charge is 2.49. The average Bonchev–Trinajstić information content (AvgIpc) is 2.79. The number of anilines is 1. The summed E-state index contributed by atoms with van der Waals surface area (Å²) in [7, 11) is 0. The number of carboxylic acid groups (broad SMARTS) is 1. The number of hydrogen-bond donors (Lipinski definition) is 2. The molecule has 25 heavy (non-hydrogen) atoms. The van der Waals surface area contributed by atoms with Gasteiger partial charge in [-0.25, -0.2) is 4.79 Å². The molecule has 0 unspecified atom stereocenters. The van der Waals surface area contributed by atoms with Gasteiger partial charge in [0.2, 0.25) is 5.91 Å². The van der Waals surface area contributed by atoms with Gasteiger partial charge in [0.05, 0.1) is 5.41 Å². The fraction of sp³-hybridized carbons (Fsp3) is 0.579. The number of benzene rings is 1. The summed E-state index contributed by atoms with van der Waals surface area (Å²) in [4.78, 5) is 27.8.